The molecule has 4 aromatic rings. The number of nitrogens with two attached hydrogens (primary N) is 1. The number of hydrogen-bond donors (Lipinski definition) is 2. The van der Waals surface area contributed by atoms with Gasteiger partial charge in [0.15, 0.2) is 11.2 Å². The summed E-state index contributed by atoms with van der Waals surface area (Å²) in [6.07, 6.45) is 1.96. The maximum Gasteiger partial charge on any atom is 0.281 e. The Kier molecular flexibility index (Phi) is 6.26. The third kappa shape index (κ3) is 4.38. The summed E-state index contributed by atoms with van der Waals surface area (Å²) in [6.45, 7) is 2.50. The number of rotatable bonds is 6. The van der Waals surface area contributed by atoms with Gasteiger partial charge in [-0.2, -0.15) is 9.97 Å². The molecule has 1 atom stereocenters. The first kappa shape index (κ1) is 22.4. The second kappa shape index (κ2) is 9.48. The summed E-state index contributed by atoms with van der Waals surface area (Å²) in [5.74, 6) is 1.18. The number of benzene rings is 2. The predicted molar refractivity (Wildman–Crippen MR) is 137 cm³/mol. The van der Waals surface area contributed by atoms with Gasteiger partial charge in [0.1, 0.15) is 0 Å². The zero-order valence-corrected chi connectivity index (χ0v) is 19.9. The van der Waals surface area contributed by atoms with Gasteiger partial charge in [0.05, 0.1) is 6.54 Å². The lowest BCUT2D eigenvalue weighted by molar-refractivity contribution is 0.495. The van der Waals surface area contributed by atoms with Crippen molar-refractivity contribution in [1.82, 2.24) is 19.1 Å². The number of halogens is 1. The van der Waals surface area contributed by atoms with Crippen LogP contribution in [0, 0.1) is 0 Å². The van der Waals surface area contributed by atoms with Crippen molar-refractivity contribution in [3.63, 3.8) is 0 Å². The molecule has 1 aliphatic rings. The molecule has 3 N–H and O–H groups in total. The van der Waals surface area contributed by atoms with E-state index in [-0.39, 0.29) is 11.6 Å². The maximum atomic E-state index is 13.6. The molecule has 8 nitrogen and oxygen atoms in total. The Morgan fingerprint density at radius 3 is 2.65 bits per heavy atom. The number of fused-ring (bicyclic) bond motifs is 1. The molecule has 1 aliphatic heterocycles. The standard InChI is InChI=1S/C25H28ClN7O/c1-31-23(34)21-22(29-24(31)28-14-17-8-3-2-4-9-17)30-25(32-13-7-11-19(27)16-32)33(21)15-18-10-5-6-12-20(18)26/h2-6,8-10,12,19H,7,11,13-16,27H2,1H3,(H,28,29). The zero-order chi connectivity index (χ0) is 23.7. The van der Waals surface area contributed by atoms with Crippen LogP contribution in [0.25, 0.3) is 11.2 Å². The van der Waals surface area contributed by atoms with Gasteiger partial charge in [0, 0.05) is 37.7 Å². The third-order valence-electron chi connectivity index (χ3n) is 6.29. The molecule has 0 amide bonds. The van der Waals surface area contributed by atoms with E-state index in [1.165, 1.54) is 0 Å². The van der Waals surface area contributed by atoms with Gasteiger partial charge in [0.2, 0.25) is 11.9 Å². The van der Waals surface area contributed by atoms with E-state index in [4.69, 9.17) is 27.3 Å². The number of nitrogens with one attached hydrogen (secondary N) is 1. The summed E-state index contributed by atoms with van der Waals surface area (Å²) in [5.41, 5.74) is 9.00. The summed E-state index contributed by atoms with van der Waals surface area (Å²) in [7, 11) is 1.73. The molecule has 0 saturated carbocycles. The Hall–Kier alpha value is -3.36. The fraction of sp³-hybridized carbons (Fsp3) is 0.320. The van der Waals surface area contributed by atoms with Crippen LogP contribution in [-0.4, -0.2) is 38.2 Å². The van der Waals surface area contributed by atoms with Gasteiger partial charge in [-0.1, -0.05) is 60.1 Å². The number of aromatic nitrogens is 4. The van der Waals surface area contributed by atoms with Gasteiger partial charge >= 0.3 is 0 Å². The van der Waals surface area contributed by atoms with Crippen LogP contribution in [0.2, 0.25) is 5.02 Å². The Balaban J connectivity index is 1.60. The molecule has 1 unspecified atom stereocenters. The van der Waals surface area contributed by atoms with E-state index in [0.29, 0.717) is 47.7 Å². The molecule has 1 saturated heterocycles. The smallest absolute Gasteiger partial charge is 0.281 e. The Morgan fingerprint density at radius 1 is 1.12 bits per heavy atom. The highest BCUT2D eigenvalue weighted by atomic mass is 35.5. The molecule has 0 aliphatic carbocycles. The Labute approximate surface area is 203 Å². The van der Waals surface area contributed by atoms with Gasteiger partial charge in [-0.05, 0) is 30.0 Å². The van der Waals surface area contributed by atoms with Crippen molar-refractivity contribution in [3.8, 4) is 0 Å². The number of anilines is 2. The molecule has 2 aromatic carbocycles. The number of nitrogens with zero attached hydrogens (tertiary/aromatic N) is 5. The van der Waals surface area contributed by atoms with Crippen LogP contribution in [0.3, 0.4) is 0 Å². The van der Waals surface area contributed by atoms with Gasteiger partial charge in [0.25, 0.3) is 5.56 Å². The molecule has 34 heavy (non-hydrogen) atoms. The normalized spacial score (nSPS) is 16.2. The number of imidazole rings is 1. The molecular weight excluding hydrogens is 450 g/mol. The minimum absolute atomic E-state index is 0.0706. The van der Waals surface area contributed by atoms with E-state index < -0.39 is 0 Å². The molecule has 0 bridgehead atoms. The highest BCUT2D eigenvalue weighted by Crippen LogP contribution is 2.26. The van der Waals surface area contributed by atoms with Gasteiger partial charge in [-0.15, -0.1) is 0 Å². The molecule has 3 heterocycles. The fourth-order valence-electron chi connectivity index (χ4n) is 4.46. The topological polar surface area (TPSA) is 94.0 Å². The quantitative estimate of drug-likeness (QED) is 0.442. The minimum atomic E-state index is -0.160. The maximum absolute atomic E-state index is 13.6. The van der Waals surface area contributed by atoms with E-state index in [9.17, 15) is 4.79 Å². The van der Waals surface area contributed by atoms with Crippen LogP contribution in [0.15, 0.2) is 59.4 Å². The van der Waals surface area contributed by atoms with Crippen LogP contribution in [0.5, 0.6) is 0 Å². The molecule has 0 radical (unpaired) electrons. The molecule has 1 fully saturated rings. The summed E-state index contributed by atoms with van der Waals surface area (Å²) in [6, 6.07) is 17.7. The highest BCUT2D eigenvalue weighted by Gasteiger charge is 2.26. The van der Waals surface area contributed by atoms with Crippen molar-refractivity contribution < 1.29 is 0 Å². The third-order valence-corrected chi connectivity index (χ3v) is 6.65. The Bertz CT molecular complexity index is 1370. The minimum Gasteiger partial charge on any atom is -0.351 e. The SMILES string of the molecule is Cn1c(NCc2ccccc2)nc2nc(N3CCCC(N)C3)n(Cc3ccccc3Cl)c2c1=O. The average molecular weight is 478 g/mol. The molecule has 0 spiro atoms. The van der Waals surface area contributed by atoms with E-state index >= 15 is 0 Å². The van der Waals surface area contributed by atoms with Crippen LogP contribution in [0.4, 0.5) is 11.9 Å². The Morgan fingerprint density at radius 2 is 1.88 bits per heavy atom. The summed E-state index contributed by atoms with van der Waals surface area (Å²) in [5, 5.41) is 3.93. The van der Waals surface area contributed by atoms with E-state index in [1.807, 2.05) is 59.2 Å². The second-order valence-electron chi connectivity index (χ2n) is 8.75. The molecular formula is C25H28ClN7O. The highest BCUT2D eigenvalue weighted by molar-refractivity contribution is 6.31. The summed E-state index contributed by atoms with van der Waals surface area (Å²) >= 11 is 6.47. The van der Waals surface area contributed by atoms with Crippen LogP contribution >= 0.6 is 11.6 Å². The molecule has 5 rings (SSSR count). The van der Waals surface area contributed by atoms with Crippen molar-refractivity contribution in [2.75, 3.05) is 23.3 Å². The number of piperidine rings is 1. The van der Waals surface area contributed by atoms with Crippen LogP contribution in [0.1, 0.15) is 24.0 Å². The summed E-state index contributed by atoms with van der Waals surface area (Å²) in [4.78, 5) is 25.3. The van der Waals surface area contributed by atoms with Crippen molar-refractivity contribution in [3.05, 3.63) is 81.1 Å². The fourth-order valence-corrected chi connectivity index (χ4v) is 4.66. The molecule has 9 heteroatoms. The predicted octanol–water partition coefficient (Wildman–Crippen LogP) is 3.37. The van der Waals surface area contributed by atoms with Crippen molar-refractivity contribution in [2.24, 2.45) is 12.8 Å². The van der Waals surface area contributed by atoms with Gasteiger partial charge in [-0.25, -0.2) is 0 Å². The lowest BCUT2D eigenvalue weighted by Crippen LogP contribution is -2.44. The molecule has 176 valence electrons. The first-order chi connectivity index (χ1) is 16.5. The lowest BCUT2D eigenvalue weighted by Gasteiger charge is -2.32. The largest absolute Gasteiger partial charge is 0.351 e. The van der Waals surface area contributed by atoms with Crippen molar-refractivity contribution in [2.45, 2.75) is 32.0 Å². The monoisotopic (exact) mass is 477 g/mol. The average Bonchev–Trinajstić information content (AvgIpc) is 3.21. The molecule has 2 aromatic heterocycles. The lowest BCUT2D eigenvalue weighted by atomic mass is 10.1. The van der Waals surface area contributed by atoms with Gasteiger partial charge in [-0.3, -0.25) is 13.9 Å². The number of hydrogen-bond acceptors (Lipinski definition) is 6. The van der Waals surface area contributed by atoms with Crippen molar-refractivity contribution in [1.29, 1.82) is 0 Å². The van der Waals surface area contributed by atoms with Crippen LogP contribution < -0.4 is 21.5 Å². The summed E-state index contributed by atoms with van der Waals surface area (Å²) < 4.78 is 3.48. The van der Waals surface area contributed by atoms with Crippen LogP contribution in [-0.2, 0) is 20.1 Å². The van der Waals surface area contributed by atoms with E-state index in [2.05, 4.69) is 10.2 Å². The van der Waals surface area contributed by atoms with E-state index in [0.717, 1.165) is 30.5 Å². The second-order valence-corrected chi connectivity index (χ2v) is 9.16. The first-order valence-corrected chi connectivity index (χ1v) is 11.9. The van der Waals surface area contributed by atoms with Gasteiger partial charge < -0.3 is 16.0 Å². The zero-order valence-electron chi connectivity index (χ0n) is 19.1. The van der Waals surface area contributed by atoms with Crippen molar-refractivity contribution >= 4 is 34.7 Å². The first-order valence-electron chi connectivity index (χ1n) is 11.5. The van der Waals surface area contributed by atoms with E-state index in [1.54, 1.807) is 11.6 Å².